The first kappa shape index (κ1) is 25.5. The summed E-state index contributed by atoms with van der Waals surface area (Å²) in [5.74, 6) is 1.72. The highest BCUT2D eigenvalue weighted by atomic mass is 35.5. The first-order valence-corrected chi connectivity index (χ1v) is 12.1. The number of carbonyl (C=O) groups is 1. The number of fused-ring (bicyclic) bond motifs is 1. The van der Waals surface area contributed by atoms with Gasteiger partial charge in [-0.15, -0.1) is 24.2 Å². The van der Waals surface area contributed by atoms with Crippen LogP contribution in [-0.2, 0) is 0 Å². The minimum Gasteiger partial charge on any atom is -0.497 e. The Morgan fingerprint density at radius 3 is 2.52 bits per heavy atom. The number of benzene rings is 2. The predicted molar refractivity (Wildman–Crippen MR) is 136 cm³/mol. The van der Waals surface area contributed by atoms with Gasteiger partial charge in [-0.3, -0.25) is 9.69 Å². The van der Waals surface area contributed by atoms with Crippen LogP contribution in [0.25, 0.3) is 10.2 Å². The topological polar surface area (TPSA) is 45.7 Å². The Balaban J connectivity index is 0.00000341. The molecule has 31 heavy (non-hydrogen) atoms. The Bertz CT molecular complexity index is 992. The largest absolute Gasteiger partial charge is 0.497 e. The number of thiazole rings is 1. The second-order valence-corrected chi connectivity index (χ2v) is 9.06. The van der Waals surface area contributed by atoms with Crippen LogP contribution in [0.4, 0.5) is 5.13 Å². The summed E-state index contributed by atoms with van der Waals surface area (Å²) in [4.78, 5) is 23.6. The number of aromatic nitrogens is 1. The number of ether oxygens (including phenoxy) is 1. The first-order chi connectivity index (χ1) is 14.6. The van der Waals surface area contributed by atoms with Crippen LogP contribution in [0.2, 0.25) is 0 Å². The zero-order valence-corrected chi connectivity index (χ0v) is 20.9. The fourth-order valence-corrected chi connectivity index (χ4v) is 5.09. The number of thioether (sulfide) groups is 1. The summed E-state index contributed by atoms with van der Waals surface area (Å²) < 4.78 is 6.36. The summed E-state index contributed by atoms with van der Waals surface area (Å²) >= 11 is 3.23. The average molecular weight is 480 g/mol. The van der Waals surface area contributed by atoms with E-state index >= 15 is 0 Å². The van der Waals surface area contributed by atoms with E-state index in [0.717, 1.165) is 56.9 Å². The van der Waals surface area contributed by atoms with E-state index in [2.05, 4.69) is 25.7 Å². The summed E-state index contributed by atoms with van der Waals surface area (Å²) in [6.45, 7) is 9.71. The van der Waals surface area contributed by atoms with E-state index in [1.807, 2.05) is 47.4 Å². The fraction of sp³-hybridized carbons (Fsp3) is 0.391. The number of halogens is 1. The number of hydrogen-bond acceptors (Lipinski definition) is 6. The van der Waals surface area contributed by atoms with Gasteiger partial charge in [0.15, 0.2) is 5.13 Å². The molecule has 168 valence electrons. The third-order valence-electron chi connectivity index (χ3n) is 5.01. The van der Waals surface area contributed by atoms with Crippen LogP contribution in [0, 0.1) is 0 Å². The van der Waals surface area contributed by atoms with Crippen LogP contribution >= 0.6 is 35.5 Å². The molecule has 0 aliphatic carbocycles. The quantitative estimate of drug-likeness (QED) is 0.342. The predicted octanol–water partition coefficient (Wildman–Crippen LogP) is 5.83. The van der Waals surface area contributed by atoms with Gasteiger partial charge in [0.05, 0.1) is 22.9 Å². The van der Waals surface area contributed by atoms with Gasteiger partial charge >= 0.3 is 0 Å². The molecule has 2 aromatic carbocycles. The molecule has 3 aromatic rings. The van der Waals surface area contributed by atoms with Gasteiger partial charge in [-0.1, -0.05) is 44.2 Å². The van der Waals surface area contributed by atoms with E-state index in [1.54, 1.807) is 18.9 Å². The van der Waals surface area contributed by atoms with Crippen molar-refractivity contribution in [1.82, 2.24) is 9.88 Å². The van der Waals surface area contributed by atoms with Crippen molar-refractivity contribution in [2.24, 2.45) is 0 Å². The number of carbonyl (C=O) groups excluding carboxylic acids is 1. The van der Waals surface area contributed by atoms with Crippen molar-refractivity contribution >= 4 is 56.8 Å². The van der Waals surface area contributed by atoms with Gasteiger partial charge in [-0.25, -0.2) is 4.98 Å². The Labute approximate surface area is 199 Å². The molecule has 0 atom stereocenters. The molecule has 0 bridgehead atoms. The number of hydrogen-bond donors (Lipinski definition) is 0. The summed E-state index contributed by atoms with van der Waals surface area (Å²) in [6.07, 6.45) is 0. The molecular formula is C23H30ClN3O2S2. The first-order valence-electron chi connectivity index (χ1n) is 10.3. The molecule has 0 fully saturated rings. The fourth-order valence-electron chi connectivity index (χ4n) is 3.27. The second-order valence-electron chi connectivity index (χ2n) is 6.74. The zero-order chi connectivity index (χ0) is 21.5. The number of nitrogens with zero attached hydrogens (tertiary/aromatic N) is 3. The Kier molecular flexibility index (Phi) is 10.1. The van der Waals surface area contributed by atoms with Crippen LogP contribution in [0.5, 0.6) is 5.75 Å². The lowest BCUT2D eigenvalue weighted by Gasteiger charge is -2.25. The van der Waals surface area contributed by atoms with E-state index in [0.29, 0.717) is 6.54 Å². The standard InChI is InChI=1S/C23H29N3O2S2.ClH/c1-5-25(6-2)14-15-26(22(27)18-10-8-9-11-20(18)29-7-3)23-24-19-13-12-17(28-4)16-21(19)30-23;/h8-13,16H,5-7,14-15H2,1-4H3;1H. The highest BCUT2D eigenvalue weighted by Crippen LogP contribution is 2.33. The molecule has 0 saturated heterocycles. The SMILES string of the molecule is CCSc1ccccc1C(=O)N(CCN(CC)CC)c1nc2ccc(OC)cc2s1.Cl. The van der Waals surface area contributed by atoms with Crippen molar-refractivity contribution in [2.45, 2.75) is 25.7 Å². The molecule has 1 heterocycles. The van der Waals surface area contributed by atoms with E-state index < -0.39 is 0 Å². The van der Waals surface area contributed by atoms with Crippen molar-refractivity contribution in [2.75, 3.05) is 43.9 Å². The molecular weight excluding hydrogens is 450 g/mol. The van der Waals surface area contributed by atoms with Crippen molar-refractivity contribution in [3.8, 4) is 5.75 Å². The summed E-state index contributed by atoms with van der Waals surface area (Å²) in [6, 6.07) is 13.7. The van der Waals surface area contributed by atoms with Crippen LogP contribution in [0.1, 0.15) is 31.1 Å². The van der Waals surface area contributed by atoms with E-state index in [1.165, 1.54) is 11.3 Å². The normalized spacial score (nSPS) is 10.9. The summed E-state index contributed by atoms with van der Waals surface area (Å²) in [5, 5.41) is 0.728. The number of anilines is 1. The van der Waals surface area contributed by atoms with Gasteiger partial charge in [0.2, 0.25) is 0 Å². The maximum absolute atomic E-state index is 13.7. The average Bonchev–Trinajstić information content (AvgIpc) is 3.20. The maximum Gasteiger partial charge on any atom is 0.261 e. The number of rotatable bonds is 10. The molecule has 3 rings (SSSR count). The molecule has 0 radical (unpaired) electrons. The van der Waals surface area contributed by atoms with E-state index in [4.69, 9.17) is 9.72 Å². The maximum atomic E-state index is 13.7. The van der Waals surface area contributed by atoms with Crippen LogP contribution in [-0.4, -0.2) is 54.8 Å². The van der Waals surface area contributed by atoms with E-state index in [-0.39, 0.29) is 18.3 Å². The monoisotopic (exact) mass is 479 g/mol. The lowest BCUT2D eigenvalue weighted by atomic mass is 10.2. The molecule has 0 spiro atoms. The molecule has 0 aliphatic heterocycles. The molecule has 1 amide bonds. The van der Waals surface area contributed by atoms with Crippen molar-refractivity contribution in [3.05, 3.63) is 48.0 Å². The smallest absolute Gasteiger partial charge is 0.261 e. The minimum atomic E-state index is 0. The van der Waals surface area contributed by atoms with Gasteiger partial charge in [0, 0.05) is 18.0 Å². The highest BCUT2D eigenvalue weighted by Gasteiger charge is 2.24. The lowest BCUT2D eigenvalue weighted by Crippen LogP contribution is -2.39. The Morgan fingerprint density at radius 1 is 1.10 bits per heavy atom. The molecule has 5 nitrogen and oxygen atoms in total. The zero-order valence-electron chi connectivity index (χ0n) is 18.5. The summed E-state index contributed by atoms with van der Waals surface area (Å²) in [5.41, 5.74) is 1.62. The van der Waals surface area contributed by atoms with Gasteiger partial charge in [-0.05, 0) is 49.2 Å². The Hall–Kier alpha value is -1.80. The van der Waals surface area contributed by atoms with Gasteiger partial charge < -0.3 is 9.64 Å². The molecule has 0 unspecified atom stereocenters. The van der Waals surface area contributed by atoms with Crippen molar-refractivity contribution in [3.63, 3.8) is 0 Å². The van der Waals surface area contributed by atoms with Crippen LogP contribution in [0.3, 0.4) is 0 Å². The third-order valence-corrected chi connectivity index (χ3v) is 7.01. The molecule has 0 aliphatic rings. The van der Waals surface area contributed by atoms with Crippen molar-refractivity contribution in [1.29, 1.82) is 0 Å². The number of methoxy groups -OCH3 is 1. The lowest BCUT2D eigenvalue weighted by molar-refractivity contribution is 0.0981. The van der Waals surface area contributed by atoms with Crippen LogP contribution in [0.15, 0.2) is 47.4 Å². The highest BCUT2D eigenvalue weighted by molar-refractivity contribution is 7.99. The molecule has 1 aromatic heterocycles. The Morgan fingerprint density at radius 2 is 1.84 bits per heavy atom. The summed E-state index contributed by atoms with van der Waals surface area (Å²) in [7, 11) is 1.66. The van der Waals surface area contributed by atoms with Crippen LogP contribution < -0.4 is 9.64 Å². The van der Waals surface area contributed by atoms with Gasteiger partial charge in [0.25, 0.3) is 5.91 Å². The van der Waals surface area contributed by atoms with Crippen molar-refractivity contribution < 1.29 is 9.53 Å². The van der Waals surface area contributed by atoms with Gasteiger partial charge in [0.1, 0.15) is 5.75 Å². The minimum absolute atomic E-state index is 0. The van der Waals surface area contributed by atoms with Gasteiger partial charge in [-0.2, -0.15) is 0 Å². The molecule has 0 N–H and O–H groups in total. The number of amides is 1. The van der Waals surface area contributed by atoms with E-state index in [9.17, 15) is 4.79 Å². The molecule has 8 heteroatoms. The third kappa shape index (κ3) is 6.13. The number of likely N-dealkylation sites (N-methyl/N-ethyl adjacent to an activating group) is 1. The second kappa shape index (κ2) is 12.3. The molecule has 0 saturated carbocycles.